The molecular weight excluding hydrogens is 314 g/mol. The van der Waals surface area contributed by atoms with E-state index < -0.39 is 11.5 Å². The molecule has 1 amide bonds. The first kappa shape index (κ1) is 16.5. The van der Waals surface area contributed by atoms with E-state index in [0.717, 1.165) is 29.5 Å². The van der Waals surface area contributed by atoms with Crippen LogP contribution in [0, 0.1) is 13.8 Å². The lowest BCUT2D eigenvalue weighted by molar-refractivity contribution is -0.127. The highest BCUT2D eigenvalue weighted by Gasteiger charge is 2.55. The molecule has 1 aliphatic heterocycles. The van der Waals surface area contributed by atoms with Crippen LogP contribution in [-0.4, -0.2) is 30.4 Å². The molecule has 3 rings (SSSR count). The van der Waals surface area contributed by atoms with Crippen LogP contribution >= 0.6 is 11.6 Å². The van der Waals surface area contributed by atoms with Crippen LogP contribution in [0.3, 0.4) is 0 Å². The Balaban J connectivity index is 2.00. The summed E-state index contributed by atoms with van der Waals surface area (Å²) in [5.74, 6) is -0.944. The number of amides is 1. The van der Waals surface area contributed by atoms with E-state index in [2.05, 4.69) is 5.32 Å². The van der Waals surface area contributed by atoms with Gasteiger partial charge in [0.1, 0.15) is 11.5 Å². The predicted molar refractivity (Wildman–Crippen MR) is 88.8 cm³/mol. The second kappa shape index (κ2) is 5.91. The number of halogens is 1. The van der Waals surface area contributed by atoms with Gasteiger partial charge in [-0.05, 0) is 61.9 Å². The van der Waals surface area contributed by atoms with Gasteiger partial charge in [0, 0.05) is 18.6 Å². The maximum Gasteiger partial charge on any atom is 0.235 e. The van der Waals surface area contributed by atoms with Crippen LogP contribution < -0.4 is 5.32 Å². The number of hydrogen-bond donors (Lipinski definition) is 1. The quantitative estimate of drug-likeness (QED) is 0.845. The lowest BCUT2D eigenvalue weighted by Gasteiger charge is -2.36. The molecule has 23 heavy (non-hydrogen) atoms. The third-order valence-corrected chi connectivity index (χ3v) is 5.46. The summed E-state index contributed by atoms with van der Waals surface area (Å²) in [6.45, 7) is 3.80. The normalized spacial score (nSPS) is 30.8. The number of Topliss-reactive ketones (excluding diaryl/α,β-unsaturated/α-hetero) is 1. The monoisotopic (exact) mass is 335 g/mol. The molecule has 1 aliphatic carbocycles. The minimum Gasteiger partial charge on any atom is -0.381 e. The summed E-state index contributed by atoms with van der Waals surface area (Å²) in [5.41, 5.74) is 1.81. The molecule has 2 fully saturated rings. The Kier molecular flexibility index (Phi) is 4.23. The number of nitrogens with one attached hydrogen (secondary N) is 1. The largest absolute Gasteiger partial charge is 0.381 e. The van der Waals surface area contributed by atoms with Gasteiger partial charge in [-0.3, -0.25) is 9.59 Å². The van der Waals surface area contributed by atoms with Crippen molar-refractivity contribution in [3.8, 4) is 0 Å². The second-order valence-electron chi connectivity index (χ2n) is 6.78. The number of aryl methyl sites for hydroxylation is 2. The number of methoxy groups -OCH3 is 1. The molecule has 1 spiro atoms. The lowest BCUT2D eigenvalue weighted by Crippen LogP contribution is -2.51. The van der Waals surface area contributed by atoms with E-state index >= 15 is 0 Å². The fraction of sp³-hybridized carbons (Fsp3) is 0.556. The van der Waals surface area contributed by atoms with E-state index in [0.29, 0.717) is 17.9 Å². The van der Waals surface area contributed by atoms with Crippen LogP contribution in [0.15, 0.2) is 12.1 Å². The molecule has 3 atom stereocenters. The van der Waals surface area contributed by atoms with Gasteiger partial charge in [-0.2, -0.15) is 0 Å². The summed E-state index contributed by atoms with van der Waals surface area (Å²) in [4.78, 5) is 25.8. The van der Waals surface area contributed by atoms with Crippen LogP contribution in [-0.2, 0) is 14.3 Å². The Morgan fingerprint density at radius 3 is 2.52 bits per heavy atom. The third-order valence-electron chi connectivity index (χ3n) is 5.24. The van der Waals surface area contributed by atoms with Gasteiger partial charge in [-0.25, -0.2) is 0 Å². The maximum atomic E-state index is 13.2. The number of carbonyl (C=O) groups is 2. The Bertz CT molecular complexity index is 649. The molecule has 0 aromatic heterocycles. The summed E-state index contributed by atoms with van der Waals surface area (Å²) >= 11 is 6.08. The second-order valence-corrected chi connectivity index (χ2v) is 7.21. The Labute approximate surface area is 141 Å². The van der Waals surface area contributed by atoms with Crippen molar-refractivity contribution in [3.63, 3.8) is 0 Å². The highest BCUT2D eigenvalue weighted by molar-refractivity contribution is 6.30. The van der Waals surface area contributed by atoms with Gasteiger partial charge in [0.2, 0.25) is 5.91 Å². The van der Waals surface area contributed by atoms with E-state index in [9.17, 15) is 9.59 Å². The molecule has 124 valence electrons. The van der Waals surface area contributed by atoms with Crippen molar-refractivity contribution in [2.45, 2.75) is 57.1 Å². The van der Waals surface area contributed by atoms with Gasteiger partial charge in [-0.1, -0.05) is 11.6 Å². The van der Waals surface area contributed by atoms with Gasteiger partial charge in [0.05, 0.1) is 6.10 Å². The smallest absolute Gasteiger partial charge is 0.235 e. The standard InChI is InChI=1S/C18H22ClNO3/c1-10-7-12(19)8-11(2)14(10)15-16(21)18(20-17(15)22)6-4-5-13(9-18)23-3/h7-8,13,15H,4-6,9H2,1-3H3,(H,20,22). The van der Waals surface area contributed by atoms with Crippen molar-refractivity contribution in [2.75, 3.05) is 7.11 Å². The highest BCUT2D eigenvalue weighted by atomic mass is 35.5. The van der Waals surface area contributed by atoms with Gasteiger partial charge < -0.3 is 10.1 Å². The minimum atomic E-state index is -0.765. The first-order chi connectivity index (χ1) is 10.9. The lowest BCUT2D eigenvalue weighted by atomic mass is 9.75. The van der Waals surface area contributed by atoms with Crippen molar-refractivity contribution in [1.29, 1.82) is 0 Å². The van der Waals surface area contributed by atoms with Crippen LogP contribution in [0.25, 0.3) is 0 Å². The molecule has 0 bridgehead atoms. The first-order valence-corrected chi connectivity index (χ1v) is 8.41. The van der Waals surface area contributed by atoms with Crippen LogP contribution in [0.4, 0.5) is 0 Å². The van der Waals surface area contributed by atoms with Crippen molar-refractivity contribution in [1.82, 2.24) is 5.32 Å². The minimum absolute atomic E-state index is 0.0160. The zero-order valence-corrected chi connectivity index (χ0v) is 14.5. The summed E-state index contributed by atoms with van der Waals surface area (Å²) < 4.78 is 5.44. The Morgan fingerprint density at radius 2 is 1.91 bits per heavy atom. The van der Waals surface area contributed by atoms with E-state index in [1.165, 1.54) is 0 Å². The first-order valence-electron chi connectivity index (χ1n) is 8.04. The zero-order chi connectivity index (χ0) is 16.8. The Morgan fingerprint density at radius 1 is 1.26 bits per heavy atom. The van der Waals surface area contributed by atoms with Gasteiger partial charge in [0.15, 0.2) is 5.78 Å². The molecule has 1 saturated carbocycles. The average molecular weight is 336 g/mol. The molecule has 1 N–H and O–H groups in total. The topological polar surface area (TPSA) is 55.4 Å². The molecular formula is C18H22ClNO3. The Hall–Kier alpha value is -1.39. The third kappa shape index (κ3) is 2.68. The summed E-state index contributed by atoms with van der Waals surface area (Å²) in [7, 11) is 1.66. The van der Waals surface area contributed by atoms with Gasteiger partial charge in [0.25, 0.3) is 0 Å². The summed E-state index contributed by atoms with van der Waals surface area (Å²) in [6.07, 6.45) is 3.11. The number of ether oxygens (including phenoxy) is 1. The molecule has 1 aromatic rings. The molecule has 1 aromatic carbocycles. The number of hydrogen-bond acceptors (Lipinski definition) is 3. The molecule has 1 heterocycles. The summed E-state index contributed by atoms with van der Waals surface area (Å²) in [5, 5.41) is 3.63. The average Bonchev–Trinajstić information content (AvgIpc) is 2.70. The van der Waals surface area contributed by atoms with Crippen LogP contribution in [0.5, 0.6) is 0 Å². The molecule has 5 heteroatoms. The molecule has 4 nitrogen and oxygen atoms in total. The molecule has 2 aliphatic rings. The highest BCUT2D eigenvalue weighted by Crippen LogP contribution is 2.41. The number of ketones is 1. The van der Waals surface area contributed by atoms with Crippen molar-refractivity contribution >= 4 is 23.3 Å². The zero-order valence-electron chi connectivity index (χ0n) is 13.7. The maximum absolute atomic E-state index is 13.2. The van der Waals surface area contributed by atoms with Gasteiger partial charge in [-0.15, -0.1) is 0 Å². The van der Waals surface area contributed by atoms with Crippen LogP contribution in [0.1, 0.15) is 48.3 Å². The SMILES string of the molecule is COC1CCCC2(C1)NC(=O)C(c1c(C)cc(Cl)cc1C)C2=O. The summed E-state index contributed by atoms with van der Waals surface area (Å²) in [6, 6.07) is 3.63. The van der Waals surface area contributed by atoms with E-state index in [-0.39, 0.29) is 17.8 Å². The van der Waals surface area contributed by atoms with E-state index in [1.54, 1.807) is 7.11 Å². The molecule has 0 radical (unpaired) electrons. The van der Waals surface area contributed by atoms with Crippen LogP contribution in [0.2, 0.25) is 5.02 Å². The van der Waals surface area contributed by atoms with E-state index in [4.69, 9.17) is 16.3 Å². The molecule has 1 saturated heterocycles. The predicted octanol–water partition coefficient (Wildman–Crippen LogP) is 3.07. The number of rotatable bonds is 2. The van der Waals surface area contributed by atoms with E-state index in [1.807, 2.05) is 26.0 Å². The number of benzene rings is 1. The van der Waals surface area contributed by atoms with Crippen molar-refractivity contribution < 1.29 is 14.3 Å². The van der Waals surface area contributed by atoms with Crippen molar-refractivity contribution in [3.05, 3.63) is 33.8 Å². The number of carbonyl (C=O) groups excluding carboxylic acids is 2. The van der Waals surface area contributed by atoms with Gasteiger partial charge >= 0.3 is 0 Å². The fourth-order valence-corrected chi connectivity index (χ4v) is 4.49. The fourth-order valence-electron chi connectivity index (χ4n) is 4.17. The van der Waals surface area contributed by atoms with Crippen molar-refractivity contribution in [2.24, 2.45) is 0 Å². The molecule has 3 unspecified atom stereocenters.